The summed E-state index contributed by atoms with van der Waals surface area (Å²) in [4.78, 5) is 11.7. The Morgan fingerprint density at radius 2 is 2.17 bits per heavy atom. The van der Waals surface area contributed by atoms with Gasteiger partial charge in [0.15, 0.2) is 0 Å². The van der Waals surface area contributed by atoms with E-state index in [1.165, 1.54) is 0 Å². The number of hydrogen-bond acceptors (Lipinski definition) is 3. The largest absolute Gasteiger partial charge is 0.325 e. The second-order valence-corrected chi connectivity index (χ2v) is 5.57. The van der Waals surface area contributed by atoms with Gasteiger partial charge in [0.1, 0.15) is 6.07 Å². The van der Waals surface area contributed by atoms with Crippen molar-refractivity contribution in [2.75, 3.05) is 16.8 Å². The second kappa shape index (κ2) is 7.78. The van der Waals surface area contributed by atoms with Crippen molar-refractivity contribution in [1.29, 1.82) is 5.26 Å². The van der Waals surface area contributed by atoms with Gasteiger partial charge in [0.05, 0.1) is 11.3 Å². The van der Waals surface area contributed by atoms with Crippen LogP contribution in [0.15, 0.2) is 24.3 Å². The topological polar surface area (TPSA) is 52.9 Å². The van der Waals surface area contributed by atoms with Gasteiger partial charge in [0.2, 0.25) is 5.91 Å². The fraction of sp³-hybridized carbons (Fsp3) is 0.429. The van der Waals surface area contributed by atoms with Crippen LogP contribution in [0.2, 0.25) is 0 Å². The van der Waals surface area contributed by atoms with Gasteiger partial charge in [0.25, 0.3) is 0 Å². The first-order valence-electron chi connectivity index (χ1n) is 6.00. The molecular weight excluding hydrogens is 244 g/mol. The number of nitrogens with one attached hydrogen (secondary N) is 1. The van der Waals surface area contributed by atoms with Crippen molar-refractivity contribution >= 4 is 23.4 Å². The van der Waals surface area contributed by atoms with Crippen LogP contribution < -0.4 is 5.32 Å². The summed E-state index contributed by atoms with van der Waals surface area (Å²) in [5.74, 6) is 2.51. The zero-order valence-corrected chi connectivity index (χ0v) is 11.6. The molecule has 0 heterocycles. The maximum atomic E-state index is 11.7. The van der Waals surface area contributed by atoms with Crippen molar-refractivity contribution in [1.82, 2.24) is 0 Å². The van der Waals surface area contributed by atoms with Gasteiger partial charge in [-0.1, -0.05) is 26.0 Å². The lowest BCUT2D eigenvalue weighted by molar-refractivity contribution is -0.115. The molecule has 0 atom stereocenters. The number of nitriles is 1. The molecule has 0 saturated heterocycles. The van der Waals surface area contributed by atoms with Crippen molar-refractivity contribution in [2.45, 2.75) is 20.3 Å². The number of benzene rings is 1. The first-order chi connectivity index (χ1) is 8.63. The minimum Gasteiger partial charge on any atom is -0.325 e. The molecule has 0 radical (unpaired) electrons. The van der Waals surface area contributed by atoms with Crippen LogP contribution >= 0.6 is 11.8 Å². The Morgan fingerprint density at radius 1 is 1.44 bits per heavy atom. The summed E-state index contributed by atoms with van der Waals surface area (Å²) in [6.07, 6.45) is 0.483. The molecule has 0 spiro atoms. The molecule has 1 aromatic rings. The molecule has 0 aliphatic heterocycles. The molecule has 0 aliphatic rings. The van der Waals surface area contributed by atoms with E-state index in [4.69, 9.17) is 5.26 Å². The highest BCUT2D eigenvalue weighted by molar-refractivity contribution is 7.99. The number of carbonyl (C=O) groups is 1. The van der Waals surface area contributed by atoms with Gasteiger partial charge in [-0.3, -0.25) is 4.79 Å². The molecule has 0 fully saturated rings. The highest BCUT2D eigenvalue weighted by atomic mass is 32.2. The molecule has 1 amide bonds. The van der Waals surface area contributed by atoms with E-state index < -0.39 is 0 Å². The van der Waals surface area contributed by atoms with Crippen LogP contribution in [0, 0.1) is 17.2 Å². The molecule has 0 aliphatic carbocycles. The molecule has 0 bridgehead atoms. The highest BCUT2D eigenvalue weighted by Gasteiger charge is 2.06. The Bertz CT molecular complexity index is 438. The van der Waals surface area contributed by atoms with Gasteiger partial charge >= 0.3 is 0 Å². The monoisotopic (exact) mass is 262 g/mol. The molecule has 18 heavy (non-hydrogen) atoms. The zero-order chi connectivity index (χ0) is 13.4. The number of carbonyl (C=O) groups excluding carboxylic acids is 1. The Balaban J connectivity index is 2.38. The predicted molar refractivity (Wildman–Crippen MR) is 76.6 cm³/mol. The minimum atomic E-state index is -0.0334. The maximum Gasteiger partial charge on any atom is 0.225 e. The van der Waals surface area contributed by atoms with E-state index in [0.717, 1.165) is 11.5 Å². The highest BCUT2D eigenvalue weighted by Crippen LogP contribution is 2.14. The lowest BCUT2D eigenvalue weighted by Crippen LogP contribution is -2.13. The number of para-hydroxylation sites is 1. The van der Waals surface area contributed by atoms with Crippen molar-refractivity contribution in [3.63, 3.8) is 0 Å². The van der Waals surface area contributed by atoms with Crippen LogP contribution in [-0.4, -0.2) is 17.4 Å². The molecule has 1 rings (SSSR count). The maximum absolute atomic E-state index is 11.7. The summed E-state index contributed by atoms with van der Waals surface area (Å²) in [5, 5.41) is 11.7. The van der Waals surface area contributed by atoms with Crippen molar-refractivity contribution in [3.05, 3.63) is 29.8 Å². The standard InChI is InChI=1S/C14H18N2OS/c1-11(2)10-18-8-7-14(17)16-13-6-4-3-5-12(13)9-15/h3-6,11H,7-8,10H2,1-2H3,(H,16,17). The van der Waals surface area contributed by atoms with E-state index in [1.807, 2.05) is 6.07 Å². The van der Waals surface area contributed by atoms with Crippen molar-refractivity contribution < 1.29 is 4.79 Å². The summed E-state index contributed by atoms with van der Waals surface area (Å²) >= 11 is 1.78. The summed E-state index contributed by atoms with van der Waals surface area (Å²) in [6, 6.07) is 9.10. The number of hydrogen-bond donors (Lipinski definition) is 1. The van der Waals surface area contributed by atoms with E-state index in [0.29, 0.717) is 23.6 Å². The third-order valence-electron chi connectivity index (χ3n) is 2.25. The Morgan fingerprint density at radius 3 is 2.83 bits per heavy atom. The van der Waals surface area contributed by atoms with Crippen LogP contribution in [0.5, 0.6) is 0 Å². The second-order valence-electron chi connectivity index (χ2n) is 4.42. The molecule has 4 heteroatoms. The van der Waals surface area contributed by atoms with Crippen molar-refractivity contribution in [3.8, 4) is 6.07 Å². The summed E-state index contributed by atoms with van der Waals surface area (Å²) in [6.45, 7) is 4.33. The van der Waals surface area contributed by atoms with Crippen LogP contribution in [0.4, 0.5) is 5.69 Å². The molecule has 3 nitrogen and oxygen atoms in total. The Hall–Kier alpha value is -1.47. The molecular formula is C14H18N2OS. The summed E-state index contributed by atoms with van der Waals surface area (Å²) < 4.78 is 0. The van der Waals surface area contributed by atoms with Gasteiger partial charge in [-0.25, -0.2) is 0 Å². The molecule has 1 aromatic carbocycles. The minimum absolute atomic E-state index is 0.0334. The summed E-state index contributed by atoms with van der Waals surface area (Å²) in [5.41, 5.74) is 1.10. The third-order valence-corrected chi connectivity index (χ3v) is 3.64. The van der Waals surface area contributed by atoms with Gasteiger partial charge in [0, 0.05) is 12.2 Å². The number of thioether (sulfide) groups is 1. The van der Waals surface area contributed by atoms with E-state index in [1.54, 1.807) is 30.0 Å². The SMILES string of the molecule is CC(C)CSCCC(=O)Nc1ccccc1C#N. The number of anilines is 1. The van der Waals surface area contributed by atoms with Gasteiger partial charge < -0.3 is 5.32 Å². The smallest absolute Gasteiger partial charge is 0.225 e. The molecule has 96 valence electrons. The first kappa shape index (κ1) is 14.6. The van der Waals surface area contributed by atoms with Crippen LogP contribution in [0.1, 0.15) is 25.8 Å². The predicted octanol–water partition coefficient (Wildman–Crippen LogP) is 3.28. The van der Waals surface area contributed by atoms with Crippen LogP contribution in [-0.2, 0) is 4.79 Å². The normalized spacial score (nSPS) is 10.1. The average molecular weight is 262 g/mol. The zero-order valence-electron chi connectivity index (χ0n) is 10.8. The Labute approximate surface area is 113 Å². The number of amides is 1. The van der Waals surface area contributed by atoms with Crippen LogP contribution in [0.3, 0.4) is 0 Å². The molecule has 0 aromatic heterocycles. The lowest BCUT2D eigenvalue weighted by atomic mass is 10.2. The fourth-order valence-corrected chi connectivity index (χ4v) is 2.35. The van der Waals surface area contributed by atoms with Crippen molar-refractivity contribution in [2.24, 2.45) is 5.92 Å². The van der Waals surface area contributed by atoms with E-state index in [2.05, 4.69) is 25.2 Å². The number of rotatable bonds is 6. The Kier molecular flexibility index (Phi) is 6.31. The fourth-order valence-electron chi connectivity index (χ4n) is 1.39. The molecule has 0 unspecified atom stereocenters. The van der Waals surface area contributed by atoms with Gasteiger partial charge in [-0.15, -0.1) is 0 Å². The number of nitrogens with zero attached hydrogens (tertiary/aromatic N) is 1. The van der Waals surface area contributed by atoms with Crippen LogP contribution in [0.25, 0.3) is 0 Å². The quantitative estimate of drug-likeness (QED) is 0.800. The molecule has 1 N–H and O–H groups in total. The summed E-state index contributed by atoms with van der Waals surface area (Å²) in [7, 11) is 0. The third kappa shape index (κ3) is 5.24. The first-order valence-corrected chi connectivity index (χ1v) is 7.15. The van der Waals surface area contributed by atoms with E-state index >= 15 is 0 Å². The molecule has 0 saturated carbocycles. The van der Waals surface area contributed by atoms with Gasteiger partial charge in [-0.05, 0) is 23.8 Å². The van der Waals surface area contributed by atoms with Gasteiger partial charge in [-0.2, -0.15) is 17.0 Å². The lowest BCUT2D eigenvalue weighted by Gasteiger charge is -2.07. The van der Waals surface area contributed by atoms with E-state index in [9.17, 15) is 4.79 Å². The van der Waals surface area contributed by atoms with E-state index in [-0.39, 0.29) is 5.91 Å². The average Bonchev–Trinajstić information content (AvgIpc) is 2.35.